The maximum Gasteiger partial charge on any atom is 0.335 e. The zero-order chi connectivity index (χ0) is 14.4. The van der Waals surface area contributed by atoms with Crippen molar-refractivity contribution in [3.63, 3.8) is 0 Å². The van der Waals surface area contributed by atoms with E-state index in [1.54, 1.807) is 23.9 Å². The first kappa shape index (κ1) is 14.3. The molecule has 6 heteroatoms. The number of rotatable bonds is 6. The normalized spacial score (nSPS) is 10.2. The number of benzene rings is 1. The Morgan fingerprint density at radius 2 is 2.05 bits per heavy atom. The lowest BCUT2D eigenvalue weighted by Crippen LogP contribution is -2.07. The lowest BCUT2D eigenvalue weighted by Gasteiger charge is -2.06. The number of thioether (sulfide) groups is 1. The first-order chi connectivity index (χ1) is 9.69. The molecule has 0 aliphatic carbocycles. The Morgan fingerprint density at radius 3 is 2.70 bits per heavy atom. The van der Waals surface area contributed by atoms with E-state index in [2.05, 4.69) is 15.3 Å². The molecule has 2 rings (SSSR count). The van der Waals surface area contributed by atoms with Crippen LogP contribution in [0.4, 0.5) is 5.82 Å². The highest BCUT2D eigenvalue weighted by Gasteiger charge is 2.02. The van der Waals surface area contributed by atoms with Crippen molar-refractivity contribution in [1.82, 2.24) is 9.97 Å². The van der Waals surface area contributed by atoms with Gasteiger partial charge in [-0.15, -0.1) is 11.8 Å². The summed E-state index contributed by atoms with van der Waals surface area (Å²) in [7, 11) is 0. The molecule has 2 aromatic rings. The van der Waals surface area contributed by atoms with Crippen LogP contribution < -0.4 is 5.32 Å². The molecule has 1 heterocycles. The van der Waals surface area contributed by atoms with Crippen molar-refractivity contribution in [2.24, 2.45) is 0 Å². The summed E-state index contributed by atoms with van der Waals surface area (Å²) < 4.78 is 0. The van der Waals surface area contributed by atoms with Gasteiger partial charge in [-0.2, -0.15) is 0 Å². The van der Waals surface area contributed by atoms with Crippen LogP contribution in [-0.4, -0.2) is 33.8 Å². The molecule has 0 fully saturated rings. The molecule has 0 radical (unpaired) electrons. The van der Waals surface area contributed by atoms with Crippen molar-refractivity contribution in [3.8, 4) is 0 Å². The van der Waals surface area contributed by atoms with Crippen LogP contribution in [0.3, 0.4) is 0 Å². The van der Waals surface area contributed by atoms with Gasteiger partial charge in [0.1, 0.15) is 17.2 Å². The zero-order valence-corrected chi connectivity index (χ0v) is 11.9. The van der Waals surface area contributed by atoms with Gasteiger partial charge in [0.05, 0.1) is 5.56 Å². The Hall–Kier alpha value is -2.08. The van der Waals surface area contributed by atoms with E-state index in [0.717, 1.165) is 29.4 Å². The van der Waals surface area contributed by atoms with Gasteiger partial charge in [-0.3, -0.25) is 0 Å². The van der Waals surface area contributed by atoms with E-state index >= 15 is 0 Å². The summed E-state index contributed by atoms with van der Waals surface area (Å²) in [6.45, 7) is 0.733. The van der Waals surface area contributed by atoms with Crippen LogP contribution >= 0.6 is 11.8 Å². The molecular formula is C14H15N3O2S. The molecular weight excluding hydrogens is 274 g/mol. The molecule has 0 spiro atoms. The molecule has 0 atom stereocenters. The van der Waals surface area contributed by atoms with Gasteiger partial charge in [0, 0.05) is 12.6 Å². The van der Waals surface area contributed by atoms with E-state index in [9.17, 15) is 4.79 Å². The molecule has 0 aliphatic rings. The smallest absolute Gasteiger partial charge is 0.335 e. The monoisotopic (exact) mass is 289 g/mol. The van der Waals surface area contributed by atoms with Crippen LogP contribution in [0.25, 0.3) is 0 Å². The third-order valence-corrected chi connectivity index (χ3v) is 3.41. The Kier molecular flexibility index (Phi) is 4.95. The Bertz CT molecular complexity index is 587. The van der Waals surface area contributed by atoms with Gasteiger partial charge >= 0.3 is 5.97 Å². The van der Waals surface area contributed by atoms with Crippen molar-refractivity contribution in [3.05, 3.63) is 47.8 Å². The molecule has 0 amide bonds. The second-order valence-corrected chi connectivity index (χ2v) is 4.95. The number of nitrogens with one attached hydrogen (secondary N) is 1. The fourth-order valence-corrected chi connectivity index (χ4v) is 2.08. The van der Waals surface area contributed by atoms with E-state index in [0.29, 0.717) is 5.56 Å². The molecule has 0 bridgehead atoms. The summed E-state index contributed by atoms with van der Waals surface area (Å²) in [6.07, 6.45) is 4.31. The second kappa shape index (κ2) is 6.91. The summed E-state index contributed by atoms with van der Waals surface area (Å²) in [5.41, 5.74) is 1.39. The van der Waals surface area contributed by atoms with Crippen molar-refractivity contribution < 1.29 is 9.90 Å². The van der Waals surface area contributed by atoms with Gasteiger partial charge in [-0.1, -0.05) is 12.1 Å². The quantitative estimate of drug-likeness (QED) is 0.629. The zero-order valence-electron chi connectivity index (χ0n) is 11.0. The minimum absolute atomic E-state index is 0.308. The SMILES string of the molecule is CSc1cc(NCCc2ccc(C(=O)O)cc2)ncn1. The number of carboxylic acids is 1. The highest BCUT2D eigenvalue weighted by atomic mass is 32.2. The van der Waals surface area contributed by atoms with Crippen LogP contribution in [0, 0.1) is 0 Å². The van der Waals surface area contributed by atoms with Gasteiger partial charge in [0.15, 0.2) is 0 Å². The minimum atomic E-state index is -0.903. The van der Waals surface area contributed by atoms with Crippen LogP contribution in [0.15, 0.2) is 41.7 Å². The van der Waals surface area contributed by atoms with Gasteiger partial charge in [-0.05, 0) is 30.4 Å². The first-order valence-corrected chi connectivity index (χ1v) is 7.33. The molecule has 5 nitrogen and oxygen atoms in total. The third-order valence-electron chi connectivity index (χ3n) is 2.77. The average Bonchev–Trinajstić information content (AvgIpc) is 2.48. The summed E-state index contributed by atoms with van der Waals surface area (Å²) in [4.78, 5) is 19.0. The first-order valence-electron chi connectivity index (χ1n) is 6.11. The fourth-order valence-electron chi connectivity index (χ4n) is 1.70. The van der Waals surface area contributed by atoms with Gasteiger partial charge in [-0.25, -0.2) is 14.8 Å². The van der Waals surface area contributed by atoms with Crippen molar-refractivity contribution in [2.45, 2.75) is 11.4 Å². The van der Waals surface area contributed by atoms with Crippen LogP contribution in [-0.2, 0) is 6.42 Å². The summed E-state index contributed by atoms with van der Waals surface area (Å²) >= 11 is 1.57. The van der Waals surface area contributed by atoms with Crippen LogP contribution in [0.1, 0.15) is 15.9 Å². The molecule has 104 valence electrons. The van der Waals surface area contributed by atoms with Gasteiger partial charge < -0.3 is 10.4 Å². The number of nitrogens with zero attached hydrogens (tertiary/aromatic N) is 2. The third kappa shape index (κ3) is 3.96. The Morgan fingerprint density at radius 1 is 1.30 bits per heavy atom. The van der Waals surface area contributed by atoms with Gasteiger partial charge in [0.2, 0.25) is 0 Å². The molecule has 0 aliphatic heterocycles. The molecule has 2 N–H and O–H groups in total. The summed E-state index contributed by atoms with van der Waals surface area (Å²) in [5.74, 6) is -0.105. The van der Waals surface area contributed by atoms with Crippen LogP contribution in [0.2, 0.25) is 0 Å². The summed E-state index contributed by atoms with van der Waals surface area (Å²) in [6, 6.07) is 8.80. The van der Waals surface area contributed by atoms with E-state index in [-0.39, 0.29) is 0 Å². The van der Waals surface area contributed by atoms with Crippen molar-refractivity contribution in [2.75, 3.05) is 18.1 Å². The standard InChI is InChI=1S/C14H15N3O2S/c1-20-13-8-12(16-9-17-13)15-7-6-10-2-4-11(5-3-10)14(18)19/h2-5,8-9H,6-7H2,1H3,(H,18,19)(H,15,16,17). The molecule has 0 saturated carbocycles. The highest BCUT2D eigenvalue weighted by Crippen LogP contribution is 2.13. The number of hydrogen-bond acceptors (Lipinski definition) is 5. The average molecular weight is 289 g/mol. The van der Waals surface area contributed by atoms with E-state index in [1.807, 2.05) is 24.5 Å². The van der Waals surface area contributed by atoms with E-state index < -0.39 is 5.97 Å². The molecule has 0 unspecified atom stereocenters. The number of carboxylic acid groups (broad SMARTS) is 1. The number of anilines is 1. The fraction of sp³-hybridized carbons (Fsp3) is 0.214. The Balaban J connectivity index is 1.87. The van der Waals surface area contributed by atoms with Crippen LogP contribution in [0.5, 0.6) is 0 Å². The van der Waals surface area contributed by atoms with Crippen molar-refractivity contribution in [1.29, 1.82) is 0 Å². The number of aromatic carboxylic acids is 1. The second-order valence-electron chi connectivity index (χ2n) is 4.12. The Labute approximate surface area is 121 Å². The topological polar surface area (TPSA) is 75.1 Å². The highest BCUT2D eigenvalue weighted by molar-refractivity contribution is 7.98. The molecule has 0 saturated heterocycles. The summed E-state index contributed by atoms with van der Waals surface area (Å²) in [5, 5.41) is 13.0. The maximum absolute atomic E-state index is 10.7. The van der Waals surface area contributed by atoms with Crippen molar-refractivity contribution >= 4 is 23.5 Å². The largest absolute Gasteiger partial charge is 0.478 e. The molecule has 1 aromatic heterocycles. The van der Waals surface area contributed by atoms with E-state index in [1.165, 1.54) is 6.33 Å². The lowest BCUT2D eigenvalue weighted by molar-refractivity contribution is 0.0697. The number of hydrogen-bond donors (Lipinski definition) is 2. The number of aromatic nitrogens is 2. The van der Waals surface area contributed by atoms with E-state index in [4.69, 9.17) is 5.11 Å². The predicted molar refractivity (Wildman–Crippen MR) is 79.4 cm³/mol. The number of carbonyl (C=O) groups is 1. The molecule has 20 heavy (non-hydrogen) atoms. The van der Waals surface area contributed by atoms with Gasteiger partial charge in [0.25, 0.3) is 0 Å². The lowest BCUT2D eigenvalue weighted by atomic mass is 10.1. The minimum Gasteiger partial charge on any atom is -0.478 e. The predicted octanol–water partition coefficient (Wildman–Crippen LogP) is 2.55. The maximum atomic E-state index is 10.7. The molecule has 1 aromatic carbocycles.